The summed E-state index contributed by atoms with van der Waals surface area (Å²) in [7, 11) is 1.58. The molecule has 0 aromatic carbocycles. The standard InChI is InChI=1S/C13H23N3O2/c1-10(2)6-8-18-9-7-15-13-11(14)4-5-12(16-13)17-3/h4-5,10H,6-9,14H2,1-3H3,(H,15,16). The van der Waals surface area contributed by atoms with Gasteiger partial charge in [-0.15, -0.1) is 0 Å². The van der Waals surface area contributed by atoms with E-state index >= 15 is 0 Å². The fraction of sp³-hybridized carbons (Fsp3) is 0.615. The van der Waals surface area contributed by atoms with Crippen LogP contribution in [-0.4, -0.2) is 31.9 Å². The van der Waals surface area contributed by atoms with Crippen molar-refractivity contribution in [1.29, 1.82) is 0 Å². The number of nitrogens with one attached hydrogen (secondary N) is 1. The summed E-state index contributed by atoms with van der Waals surface area (Å²) >= 11 is 0. The van der Waals surface area contributed by atoms with E-state index in [1.807, 2.05) is 0 Å². The Balaban J connectivity index is 2.26. The van der Waals surface area contributed by atoms with E-state index in [9.17, 15) is 0 Å². The molecule has 0 radical (unpaired) electrons. The number of hydrogen-bond acceptors (Lipinski definition) is 5. The number of anilines is 2. The van der Waals surface area contributed by atoms with E-state index in [1.165, 1.54) is 0 Å². The number of nitrogens with two attached hydrogens (primary N) is 1. The molecule has 0 atom stereocenters. The highest BCUT2D eigenvalue weighted by Gasteiger charge is 2.02. The fourth-order valence-electron chi connectivity index (χ4n) is 1.37. The number of rotatable bonds is 8. The largest absolute Gasteiger partial charge is 0.481 e. The van der Waals surface area contributed by atoms with Crippen LogP contribution in [0.3, 0.4) is 0 Å². The Hall–Kier alpha value is -1.49. The Bertz CT molecular complexity index is 356. The Morgan fingerprint density at radius 3 is 2.78 bits per heavy atom. The first-order valence-corrected chi connectivity index (χ1v) is 6.25. The van der Waals surface area contributed by atoms with E-state index in [0.717, 1.165) is 13.0 Å². The van der Waals surface area contributed by atoms with Gasteiger partial charge in [0.1, 0.15) is 0 Å². The van der Waals surface area contributed by atoms with Crippen molar-refractivity contribution in [3.05, 3.63) is 12.1 Å². The van der Waals surface area contributed by atoms with Crippen molar-refractivity contribution in [2.24, 2.45) is 5.92 Å². The second-order valence-corrected chi connectivity index (χ2v) is 4.51. The zero-order valence-electron chi connectivity index (χ0n) is 11.4. The van der Waals surface area contributed by atoms with Gasteiger partial charge in [-0.25, -0.2) is 0 Å². The van der Waals surface area contributed by atoms with E-state index in [4.69, 9.17) is 15.2 Å². The Labute approximate surface area is 109 Å². The van der Waals surface area contributed by atoms with Crippen LogP contribution < -0.4 is 15.8 Å². The molecule has 5 nitrogen and oxygen atoms in total. The number of aromatic nitrogens is 1. The number of hydrogen-bond donors (Lipinski definition) is 2. The van der Waals surface area contributed by atoms with Crippen LogP contribution in [0.15, 0.2) is 12.1 Å². The minimum Gasteiger partial charge on any atom is -0.481 e. The average Bonchev–Trinajstić information content (AvgIpc) is 2.35. The van der Waals surface area contributed by atoms with Gasteiger partial charge in [0.15, 0.2) is 5.82 Å². The molecule has 1 rings (SSSR count). The monoisotopic (exact) mass is 253 g/mol. The molecule has 1 heterocycles. The molecule has 0 aliphatic carbocycles. The molecule has 0 fully saturated rings. The van der Waals surface area contributed by atoms with Gasteiger partial charge in [-0.05, 0) is 18.4 Å². The molecular formula is C13H23N3O2. The summed E-state index contributed by atoms with van der Waals surface area (Å²) in [6.45, 7) is 6.48. The second-order valence-electron chi connectivity index (χ2n) is 4.51. The maximum Gasteiger partial charge on any atom is 0.215 e. The van der Waals surface area contributed by atoms with Gasteiger partial charge < -0.3 is 20.5 Å². The summed E-state index contributed by atoms with van der Waals surface area (Å²) < 4.78 is 10.5. The SMILES string of the molecule is COc1ccc(N)c(NCCOCCC(C)C)n1. The molecular weight excluding hydrogens is 230 g/mol. The van der Waals surface area contributed by atoms with Gasteiger partial charge in [0, 0.05) is 19.2 Å². The lowest BCUT2D eigenvalue weighted by molar-refractivity contribution is 0.132. The third kappa shape index (κ3) is 5.23. The van der Waals surface area contributed by atoms with E-state index < -0.39 is 0 Å². The maximum atomic E-state index is 5.80. The van der Waals surface area contributed by atoms with Crippen LogP contribution in [0.25, 0.3) is 0 Å². The van der Waals surface area contributed by atoms with Gasteiger partial charge in [0.2, 0.25) is 5.88 Å². The number of ether oxygens (including phenoxy) is 2. The lowest BCUT2D eigenvalue weighted by Gasteiger charge is -2.10. The lowest BCUT2D eigenvalue weighted by Crippen LogP contribution is -2.13. The normalized spacial score (nSPS) is 10.7. The first kappa shape index (κ1) is 14.6. The Morgan fingerprint density at radius 2 is 2.11 bits per heavy atom. The summed E-state index contributed by atoms with van der Waals surface area (Å²) in [6, 6.07) is 3.51. The van der Waals surface area contributed by atoms with Crippen LogP contribution in [0.4, 0.5) is 11.5 Å². The fourth-order valence-corrected chi connectivity index (χ4v) is 1.37. The van der Waals surface area contributed by atoms with E-state index in [2.05, 4.69) is 24.1 Å². The van der Waals surface area contributed by atoms with Crippen molar-refractivity contribution < 1.29 is 9.47 Å². The Kier molecular flexibility index (Phi) is 6.28. The number of nitrogen functional groups attached to an aromatic ring is 1. The molecule has 0 saturated heterocycles. The molecule has 0 unspecified atom stereocenters. The van der Waals surface area contributed by atoms with Crippen LogP contribution in [0.2, 0.25) is 0 Å². The number of methoxy groups -OCH3 is 1. The van der Waals surface area contributed by atoms with Gasteiger partial charge >= 0.3 is 0 Å². The molecule has 0 aliphatic heterocycles. The highest BCUT2D eigenvalue weighted by atomic mass is 16.5. The van der Waals surface area contributed by atoms with Crippen molar-refractivity contribution in [1.82, 2.24) is 4.98 Å². The molecule has 0 spiro atoms. The smallest absolute Gasteiger partial charge is 0.215 e. The van der Waals surface area contributed by atoms with Crippen molar-refractivity contribution in [3.8, 4) is 5.88 Å². The topological polar surface area (TPSA) is 69.4 Å². The summed E-state index contributed by atoms with van der Waals surface area (Å²) in [4.78, 5) is 4.22. The predicted octanol–water partition coefficient (Wildman–Crippen LogP) is 2.15. The molecule has 0 aliphatic rings. The third-order valence-electron chi connectivity index (χ3n) is 2.49. The van der Waals surface area contributed by atoms with Gasteiger partial charge in [-0.1, -0.05) is 13.8 Å². The molecule has 0 saturated carbocycles. The van der Waals surface area contributed by atoms with E-state index in [0.29, 0.717) is 36.5 Å². The molecule has 0 amide bonds. The van der Waals surface area contributed by atoms with E-state index in [1.54, 1.807) is 19.2 Å². The van der Waals surface area contributed by atoms with Crippen LogP contribution in [-0.2, 0) is 4.74 Å². The van der Waals surface area contributed by atoms with Gasteiger partial charge in [-0.3, -0.25) is 0 Å². The molecule has 0 bridgehead atoms. The molecule has 5 heteroatoms. The van der Waals surface area contributed by atoms with Crippen molar-refractivity contribution >= 4 is 11.5 Å². The summed E-state index contributed by atoms with van der Waals surface area (Å²) in [5, 5.41) is 3.13. The second kappa shape index (κ2) is 7.76. The molecule has 3 N–H and O–H groups in total. The summed E-state index contributed by atoms with van der Waals surface area (Å²) in [5.41, 5.74) is 6.41. The lowest BCUT2D eigenvalue weighted by atomic mass is 10.1. The minimum atomic E-state index is 0.549. The molecule has 102 valence electrons. The first-order valence-electron chi connectivity index (χ1n) is 6.25. The predicted molar refractivity (Wildman–Crippen MR) is 74.0 cm³/mol. The molecule has 1 aromatic heterocycles. The minimum absolute atomic E-state index is 0.549. The average molecular weight is 253 g/mol. The van der Waals surface area contributed by atoms with Crippen LogP contribution in [0.1, 0.15) is 20.3 Å². The number of nitrogens with zero attached hydrogens (tertiary/aromatic N) is 1. The number of pyridine rings is 1. The third-order valence-corrected chi connectivity index (χ3v) is 2.49. The summed E-state index contributed by atoms with van der Waals surface area (Å²) in [5.74, 6) is 1.86. The zero-order valence-corrected chi connectivity index (χ0v) is 11.4. The quantitative estimate of drug-likeness (QED) is 0.695. The van der Waals surface area contributed by atoms with Crippen molar-refractivity contribution in [2.75, 3.05) is 37.9 Å². The zero-order chi connectivity index (χ0) is 13.4. The summed E-state index contributed by atoms with van der Waals surface area (Å²) in [6.07, 6.45) is 1.08. The van der Waals surface area contributed by atoms with Crippen LogP contribution >= 0.6 is 0 Å². The molecule has 18 heavy (non-hydrogen) atoms. The van der Waals surface area contributed by atoms with Crippen LogP contribution in [0.5, 0.6) is 5.88 Å². The van der Waals surface area contributed by atoms with Crippen molar-refractivity contribution in [2.45, 2.75) is 20.3 Å². The van der Waals surface area contributed by atoms with Crippen LogP contribution in [0, 0.1) is 5.92 Å². The van der Waals surface area contributed by atoms with Gasteiger partial charge in [0.25, 0.3) is 0 Å². The van der Waals surface area contributed by atoms with Gasteiger partial charge in [0.05, 0.1) is 19.4 Å². The highest BCUT2D eigenvalue weighted by molar-refractivity contribution is 5.61. The van der Waals surface area contributed by atoms with E-state index in [-0.39, 0.29) is 0 Å². The Morgan fingerprint density at radius 1 is 1.33 bits per heavy atom. The highest BCUT2D eigenvalue weighted by Crippen LogP contribution is 2.18. The first-order chi connectivity index (χ1) is 8.63. The maximum absolute atomic E-state index is 5.80. The van der Waals surface area contributed by atoms with Gasteiger partial charge in [-0.2, -0.15) is 4.98 Å². The molecule has 1 aromatic rings. The van der Waals surface area contributed by atoms with Crippen molar-refractivity contribution in [3.63, 3.8) is 0 Å².